The first-order valence-electron chi connectivity index (χ1n) is 7.94. The van der Waals surface area contributed by atoms with E-state index in [-0.39, 0.29) is 0 Å². The minimum absolute atomic E-state index is 0.650. The Kier molecular flexibility index (Phi) is 5.03. The summed E-state index contributed by atoms with van der Waals surface area (Å²) < 4.78 is 0. The van der Waals surface area contributed by atoms with Gasteiger partial charge in [0, 0.05) is 25.7 Å². The van der Waals surface area contributed by atoms with E-state index in [9.17, 15) is 0 Å². The molecule has 2 aromatic rings. The minimum Gasteiger partial charge on any atom is -0.312 e. The number of likely N-dealkylation sites (tertiary alicyclic amines) is 1. The quantitative estimate of drug-likeness (QED) is 0.875. The van der Waals surface area contributed by atoms with Gasteiger partial charge in [0.15, 0.2) is 0 Å². The van der Waals surface area contributed by atoms with E-state index in [0.717, 1.165) is 19.5 Å². The average molecular weight is 280 g/mol. The Hall–Kier alpha value is -1.64. The number of rotatable bonds is 6. The van der Waals surface area contributed by atoms with Crippen LogP contribution < -0.4 is 5.32 Å². The van der Waals surface area contributed by atoms with Crippen LogP contribution >= 0.6 is 0 Å². The molecule has 0 saturated carbocycles. The van der Waals surface area contributed by atoms with Crippen LogP contribution in [0.4, 0.5) is 0 Å². The lowest BCUT2D eigenvalue weighted by atomic mass is 10.1. The molecule has 1 saturated heterocycles. The third-order valence-electron chi connectivity index (χ3n) is 4.21. The minimum atomic E-state index is 0.650. The Morgan fingerprint density at radius 1 is 0.905 bits per heavy atom. The van der Waals surface area contributed by atoms with Crippen molar-refractivity contribution in [2.45, 2.75) is 25.4 Å². The molecule has 1 unspecified atom stereocenters. The van der Waals surface area contributed by atoms with Gasteiger partial charge in [0.2, 0.25) is 0 Å². The molecule has 0 aromatic heterocycles. The Bertz CT molecular complexity index is 524. The summed E-state index contributed by atoms with van der Waals surface area (Å²) in [6.07, 6.45) is 2.39. The maximum Gasteiger partial charge on any atom is 0.0234 e. The van der Waals surface area contributed by atoms with Gasteiger partial charge >= 0.3 is 0 Å². The standard InChI is InChI=1S/C19H24N2/c1-3-7-17(8-4-1)11-13-20-19-12-14-21(16-19)15-18-9-5-2-6-10-18/h1-10,19-20H,11-16H2. The van der Waals surface area contributed by atoms with Gasteiger partial charge in [-0.2, -0.15) is 0 Å². The molecule has 1 atom stereocenters. The molecule has 2 nitrogen and oxygen atoms in total. The number of benzene rings is 2. The van der Waals surface area contributed by atoms with Crippen molar-refractivity contribution in [2.24, 2.45) is 0 Å². The molecule has 3 rings (SSSR count). The van der Waals surface area contributed by atoms with E-state index in [1.165, 1.54) is 30.6 Å². The Morgan fingerprint density at radius 3 is 2.29 bits per heavy atom. The summed E-state index contributed by atoms with van der Waals surface area (Å²) in [5.41, 5.74) is 2.84. The largest absolute Gasteiger partial charge is 0.312 e. The molecule has 0 spiro atoms. The first-order chi connectivity index (χ1) is 10.4. The van der Waals surface area contributed by atoms with Gasteiger partial charge < -0.3 is 5.32 Å². The molecular formula is C19H24N2. The van der Waals surface area contributed by atoms with E-state index in [1.54, 1.807) is 0 Å². The molecular weight excluding hydrogens is 256 g/mol. The molecule has 2 heteroatoms. The third-order valence-corrected chi connectivity index (χ3v) is 4.21. The van der Waals surface area contributed by atoms with E-state index in [1.807, 2.05) is 0 Å². The lowest BCUT2D eigenvalue weighted by molar-refractivity contribution is 0.320. The topological polar surface area (TPSA) is 15.3 Å². The second-order valence-corrected chi connectivity index (χ2v) is 5.90. The Labute approximate surface area is 127 Å². The first kappa shape index (κ1) is 14.3. The second-order valence-electron chi connectivity index (χ2n) is 5.90. The number of hydrogen-bond donors (Lipinski definition) is 1. The summed E-state index contributed by atoms with van der Waals surface area (Å²) in [6.45, 7) is 4.53. The van der Waals surface area contributed by atoms with Crippen molar-refractivity contribution < 1.29 is 0 Å². The van der Waals surface area contributed by atoms with Gasteiger partial charge in [-0.1, -0.05) is 60.7 Å². The summed E-state index contributed by atoms with van der Waals surface area (Å²) in [6, 6.07) is 22.2. The fourth-order valence-electron chi connectivity index (χ4n) is 3.05. The molecule has 1 fully saturated rings. The van der Waals surface area contributed by atoms with E-state index in [0.29, 0.717) is 6.04 Å². The molecule has 1 N–H and O–H groups in total. The number of nitrogens with one attached hydrogen (secondary N) is 1. The lowest BCUT2D eigenvalue weighted by Crippen LogP contribution is -2.33. The zero-order chi connectivity index (χ0) is 14.3. The molecule has 1 aliphatic rings. The highest BCUT2D eigenvalue weighted by Gasteiger charge is 2.21. The summed E-state index contributed by atoms with van der Waals surface area (Å²) in [7, 11) is 0. The van der Waals surface area contributed by atoms with Crippen LogP contribution in [0, 0.1) is 0 Å². The average Bonchev–Trinajstić information content (AvgIpc) is 2.97. The summed E-state index contributed by atoms with van der Waals surface area (Å²) in [5, 5.41) is 3.70. The van der Waals surface area contributed by atoms with Crippen LogP contribution in [-0.4, -0.2) is 30.6 Å². The van der Waals surface area contributed by atoms with Crippen molar-refractivity contribution in [3.05, 3.63) is 71.8 Å². The van der Waals surface area contributed by atoms with Gasteiger partial charge in [0.25, 0.3) is 0 Å². The Morgan fingerprint density at radius 2 is 1.57 bits per heavy atom. The monoisotopic (exact) mass is 280 g/mol. The fourth-order valence-corrected chi connectivity index (χ4v) is 3.05. The van der Waals surface area contributed by atoms with Crippen molar-refractivity contribution >= 4 is 0 Å². The van der Waals surface area contributed by atoms with Crippen LogP contribution in [0.5, 0.6) is 0 Å². The van der Waals surface area contributed by atoms with E-state index >= 15 is 0 Å². The van der Waals surface area contributed by atoms with Crippen LogP contribution in [0.1, 0.15) is 17.5 Å². The van der Waals surface area contributed by atoms with E-state index in [2.05, 4.69) is 70.9 Å². The highest BCUT2D eigenvalue weighted by atomic mass is 15.2. The molecule has 21 heavy (non-hydrogen) atoms. The van der Waals surface area contributed by atoms with E-state index < -0.39 is 0 Å². The molecule has 0 radical (unpaired) electrons. The highest BCUT2D eigenvalue weighted by Crippen LogP contribution is 2.13. The smallest absolute Gasteiger partial charge is 0.0234 e. The molecule has 110 valence electrons. The Balaban J connectivity index is 1.39. The summed E-state index contributed by atoms with van der Waals surface area (Å²) in [4.78, 5) is 2.55. The first-order valence-corrected chi connectivity index (χ1v) is 7.94. The zero-order valence-corrected chi connectivity index (χ0v) is 12.5. The molecule has 0 aliphatic carbocycles. The van der Waals surface area contributed by atoms with Gasteiger partial charge in [-0.15, -0.1) is 0 Å². The third kappa shape index (κ3) is 4.42. The summed E-state index contributed by atoms with van der Waals surface area (Å²) >= 11 is 0. The van der Waals surface area contributed by atoms with Crippen LogP contribution in [0.3, 0.4) is 0 Å². The van der Waals surface area contributed by atoms with Crippen molar-refractivity contribution in [3.63, 3.8) is 0 Å². The fraction of sp³-hybridized carbons (Fsp3) is 0.368. The molecule has 2 aromatic carbocycles. The van der Waals surface area contributed by atoms with Crippen LogP contribution in [-0.2, 0) is 13.0 Å². The number of nitrogens with zero attached hydrogens (tertiary/aromatic N) is 1. The second kappa shape index (κ2) is 7.39. The van der Waals surface area contributed by atoms with Crippen molar-refractivity contribution in [2.75, 3.05) is 19.6 Å². The van der Waals surface area contributed by atoms with Gasteiger partial charge in [-0.3, -0.25) is 4.90 Å². The van der Waals surface area contributed by atoms with Gasteiger partial charge in [0.05, 0.1) is 0 Å². The van der Waals surface area contributed by atoms with Crippen LogP contribution in [0.15, 0.2) is 60.7 Å². The maximum absolute atomic E-state index is 3.70. The summed E-state index contributed by atoms with van der Waals surface area (Å²) in [5.74, 6) is 0. The SMILES string of the molecule is c1ccc(CCNC2CCN(Cc3ccccc3)C2)cc1. The van der Waals surface area contributed by atoms with E-state index in [4.69, 9.17) is 0 Å². The van der Waals surface area contributed by atoms with Crippen molar-refractivity contribution in [1.29, 1.82) is 0 Å². The van der Waals surface area contributed by atoms with Crippen LogP contribution in [0.2, 0.25) is 0 Å². The molecule has 1 aliphatic heterocycles. The van der Waals surface area contributed by atoms with Gasteiger partial charge in [-0.05, 0) is 30.5 Å². The normalized spacial score (nSPS) is 19.0. The molecule has 1 heterocycles. The highest BCUT2D eigenvalue weighted by molar-refractivity contribution is 5.15. The molecule has 0 bridgehead atoms. The maximum atomic E-state index is 3.70. The predicted molar refractivity (Wildman–Crippen MR) is 88.3 cm³/mol. The number of hydrogen-bond acceptors (Lipinski definition) is 2. The van der Waals surface area contributed by atoms with Gasteiger partial charge in [0.1, 0.15) is 0 Å². The van der Waals surface area contributed by atoms with Crippen LogP contribution in [0.25, 0.3) is 0 Å². The van der Waals surface area contributed by atoms with Crippen molar-refractivity contribution in [1.82, 2.24) is 10.2 Å². The zero-order valence-electron chi connectivity index (χ0n) is 12.5. The molecule has 0 amide bonds. The van der Waals surface area contributed by atoms with Crippen molar-refractivity contribution in [3.8, 4) is 0 Å². The lowest BCUT2D eigenvalue weighted by Gasteiger charge is -2.16. The predicted octanol–water partition coefficient (Wildman–Crippen LogP) is 3.09. The van der Waals surface area contributed by atoms with Gasteiger partial charge in [-0.25, -0.2) is 0 Å².